The van der Waals surface area contributed by atoms with Crippen LogP contribution in [0.1, 0.15) is 13.3 Å². The molecule has 142 valence electrons. The van der Waals surface area contributed by atoms with Crippen LogP contribution in [0.5, 0.6) is 0 Å². The minimum absolute atomic E-state index is 0.0762. The lowest BCUT2D eigenvalue weighted by molar-refractivity contribution is -0.384. The number of halogens is 1. The number of piperazine rings is 1. The number of nitro benzene ring substituents is 1. The molecule has 1 aromatic rings. The normalized spacial score (nSPS) is 18.2. The van der Waals surface area contributed by atoms with E-state index >= 15 is 0 Å². The number of hydrogen-bond acceptors (Lipinski definition) is 6. The van der Waals surface area contributed by atoms with Crippen molar-refractivity contribution in [3.05, 3.63) is 28.1 Å². The first-order chi connectivity index (χ1) is 12.5. The zero-order chi connectivity index (χ0) is 18.7. The summed E-state index contributed by atoms with van der Waals surface area (Å²) in [5, 5.41) is 11.4. The molecule has 1 aromatic carbocycles. The second-order valence-electron chi connectivity index (χ2n) is 6.37. The van der Waals surface area contributed by atoms with Crippen molar-refractivity contribution in [3.8, 4) is 0 Å². The molecule has 0 N–H and O–H groups in total. The summed E-state index contributed by atoms with van der Waals surface area (Å²) in [6, 6.07) is 2.57. The Bertz CT molecular complexity index is 686. The quantitative estimate of drug-likeness (QED) is 0.595. The highest BCUT2D eigenvalue weighted by atomic mass is 19.1. The van der Waals surface area contributed by atoms with Crippen LogP contribution in [0, 0.1) is 15.9 Å². The van der Waals surface area contributed by atoms with Crippen LogP contribution in [0.2, 0.25) is 0 Å². The second-order valence-corrected chi connectivity index (χ2v) is 6.37. The molecule has 0 aliphatic carbocycles. The summed E-state index contributed by atoms with van der Waals surface area (Å²) >= 11 is 0. The van der Waals surface area contributed by atoms with E-state index in [-0.39, 0.29) is 11.6 Å². The standard InChI is InChI=1S/C17H23FN4O4/c1-2-17(23)21-5-3-19(4-6-21)15-12-14(20-7-9-26-10-8-20)13(18)11-16(15)22(24)25/h11-12H,2-10H2,1H3. The SMILES string of the molecule is CCC(=O)N1CCN(c2cc(N3CCOCC3)c(F)cc2[N+](=O)[O-])CC1. The van der Waals surface area contributed by atoms with E-state index in [2.05, 4.69) is 0 Å². The molecule has 0 saturated carbocycles. The fourth-order valence-electron chi connectivity index (χ4n) is 3.41. The van der Waals surface area contributed by atoms with E-state index < -0.39 is 10.7 Å². The largest absolute Gasteiger partial charge is 0.378 e. The maximum absolute atomic E-state index is 14.5. The zero-order valence-electron chi connectivity index (χ0n) is 14.8. The number of carbonyl (C=O) groups excluding carboxylic acids is 1. The molecule has 0 aromatic heterocycles. The van der Waals surface area contributed by atoms with E-state index in [0.29, 0.717) is 70.3 Å². The Labute approximate surface area is 151 Å². The van der Waals surface area contributed by atoms with Gasteiger partial charge in [-0.15, -0.1) is 0 Å². The Balaban J connectivity index is 1.87. The molecular formula is C17H23FN4O4. The lowest BCUT2D eigenvalue weighted by Gasteiger charge is -2.36. The number of hydrogen-bond donors (Lipinski definition) is 0. The summed E-state index contributed by atoms with van der Waals surface area (Å²) in [6.45, 7) is 5.91. The first kappa shape index (κ1) is 18.4. The lowest BCUT2D eigenvalue weighted by Crippen LogP contribution is -2.48. The minimum Gasteiger partial charge on any atom is -0.378 e. The highest BCUT2D eigenvalue weighted by Crippen LogP contribution is 2.35. The highest BCUT2D eigenvalue weighted by molar-refractivity contribution is 5.76. The Hall–Kier alpha value is -2.42. The number of benzene rings is 1. The number of nitrogens with zero attached hydrogens (tertiary/aromatic N) is 4. The molecule has 2 aliphatic rings. The average Bonchev–Trinajstić information content (AvgIpc) is 2.68. The Morgan fingerprint density at radius 2 is 1.73 bits per heavy atom. The van der Waals surface area contributed by atoms with Gasteiger partial charge in [-0.25, -0.2) is 4.39 Å². The summed E-state index contributed by atoms with van der Waals surface area (Å²) in [6.07, 6.45) is 0.442. The lowest BCUT2D eigenvalue weighted by atomic mass is 10.1. The van der Waals surface area contributed by atoms with Crippen molar-refractivity contribution < 1.29 is 18.8 Å². The van der Waals surface area contributed by atoms with Gasteiger partial charge >= 0.3 is 0 Å². The van der Waals surface area contributed by atoms with Gasteiger partial charge in [-0.3, -0.25) is 14.9 Å². The van der Waals surface area contributed by atoms with Crippen LogP contribution in [-0.4, -0.2) is 68.2 Å². The molecule has 2 saturated heterocycles. The van der Waals surface area contributed by atoms with Gasteiger partial charge in [-0.2, -0.15) is 0 Å². The molecule has 3 rings (SSSR count). The molecule has 9 heteroatoms. The number of rotatable bonds is 4. The van der Waals surface area contributed by atoms with Crippen LogP contribution in [0.3, 0.4) is 0 Å². The molecule has 0 spiro atoms. The van der Waals surface area contributed by atoms with Gasteiger partial charge in [0.1, 0.15) is 5.69 Å². The number of carbonyl (C=O) groups is 1. The molecule has 0 bridgehead atoms. The van der Waals surface area contributed by atoms with Gasteiger partial charge in [-0.05, 0) is 6.07 Å². The number of morpholine rings is 1. The maximum atomic E-state index is 14.5. The number of anilines is 2. The van der Waals surface area contributed by atoms with Crippen LogP contribution < -0.4 is 9.80 Å². The topological polar surface area (TPSA) is 79.2 Å². The van der Waals surface area contributed by atoms with Crippen molar-refractivity contribution in [1.82, 2.24) is 4.90 Å². The minimum atomic E-state index is -0.595. The average molecular weight is 366 g/mol. The number of ether oxygens (including phenoxy) is 1. The van der Waals surface area contributed by atoms with Gasteiger partial charge < -0.3 is 19.4 Å². The third-order valence-corrected chi connectivity index (χ3v) is 4.87. The van der Waals surface area contributed by atoms with E-state index in [1.807, 2.05) is 16.7 Å². The molecule has 2 heterocycles. The van der Waals surface area contributed by atoms with Crippen molar-refractivity contribution in [2.24, 2.45) is 0 Å². The Morgan fingerprint density at radius 3 is 2.31 bits per heavy atom. The molecule has 26 heavy (non-hydrogen) atoms. The summed E-state index contributed by atoms with van der Waals surface area (Å²) < 4.78 is 19.8. The van der Waals surface area contributed by atoms with Gasteiger partial charge in [0.2, 0.25) is 5.91 Å². The van der Waals surface area contributed by atoms with Crippen molar-refractivity contribution in [2.45, 2.75) is 13.3 Å². The predicted molar refractivity (Wildman–Crippen MR) is 95.2 cm³/mol. The van der Waals surface area contributed by atoms with E-state index in [9.17, 15) is 19.3 Å². The van der Waals surface area contributed by atoms with Gasteiger partial charge in [0, 0.05) is 45.7 Å². The Kier molecular flexibility index (Phi) is 5.55. The molecular weight excluding hydrogens is 343 g/mol. The summed E-state index contributed by atoms with van der Waals surface area (Å²) in [5.41, 5.74) is 0.525. The van der Waals surface area contributed by atoms with Crippen LogP contribution >= 0.6 is 0 Å². The van der Waals surface area contributed by atoms with Crippen LogP contribution in [0.25, 0.3) is 0 Å². The van der Waals surface area contributed by atoms with E-state index in [0.717, 1.165) is 6.07 Å². The molecule has 8 nitrogen and oxygen atoms in total. The first-order valence-electron chi connectivity index (χ1n) is 8.84. The van der Waals surface area contributed by atoms with Gasteiger partial charge in [0.15, 0.2) is 5.82 Å². The summed E-state index contributed by atoms with van der Waals surface area (Å²) in [7, 11) is 0. The third kappa shape index (κ3) is 3.72. The molecule has 0 atom stereocenters. The van der Waals surface area contributed by atoms with Crippen molar-refractivity contribution in [3.63, 3.8) is 0 Å². The van der Waals surface area contributed by atoms with E-state index in [1.165, 1.54) is 0 Å². The van der Waals surface area contributed by atoms with E-state index in [4.69, 9.17) is 4.74 Å². The Morgan fingerprint density at radius 1 is 1.12 bits per heavy atom. The maximum Gasteiger partial charge on any atom is 0.295 e. The van der Waals surface area contributed by atoms with Crippen molar-refractivity contribution >= 4 is 23.0 Å². The smallest absolute Gasteiger partial charge is 0.295 e. The fourth-order valence-corrected chi connectivity index (χ4v) is 3.41. The van der Waals surface area contributed by atoms with Crippen LogP contribution in [0.4, 0.5) is 21.5 Å². The second kappa shape index (κ2) is 7.86. The highest BCUT2D eigenvalue weighted by Gasteiger charge is 2.28. The van der Waals surface area contributed by atoms with Gasteiger partial charge in [0.05, 0.1) is 29.9 Å². The zero-order valence-corrected chi connectivity index (χ0v) is 14.8. The molecule has 2 aliphatic heterocycles. The molecule has 1 amide bonds. The van der Waals surface area contributed by atoms with E-state index in [1.54, 1.807) is 11.0 Å². The summed E-state index contributed by atoms with van der Waals surface area (Å²) in [4.78, 5) is 28.2. The summed E-state index contributed by atoms with van der Waals surface area (Å²) in [5.74, 6) is -0.519. The monoisotopic (exact) mass is 366 g/mol. The predicted octanol–water partition coefficient (Wildman–Crippen LogP) is 1.63. The van der Waals surface area contributed by atoms with Crippen LogP contribution in [-0.2, 0) is 9.53 Å². The first-order valence-corrected chi connectivity index (χ1v) is 8.84. The van der Waals surface area contributed by atoms with Crippen molar-refractivity contribution in [2.75, 3.05) is 62.3 Å². The molecule has 0 unspecified atom stereocenters. The van der Waals surface area contributed by atoms with Gasteiger partial charge in [-0.1, -0.05) is 6.92 Å². The third-order valence-electron chi connectivity index (χ3n) is 4.87. The van der Waals surface area contributed by atoms with Gasteiger partial charge in [0.25, 0.3) is 5.69 Å². The number of amides is 1. The van der Waals surface area contributed by atoms with Crippen molar-refractivity contribution in [1.29, 1.82) is 0 Å². The number of nitro groups is 1. The molecule has 0 radical (unpaired) electrons. The van der Waals surface area contributed by atoms with Crippen LogP contribution in [0.15, 0.2) is 12.1 Å². The molecule has 2 fully saturated rings. The fraction of sp³-hybridized carbons (Fsp3) is 0.588.